The number of benzene rings is 2. The number of para-hydroxylation sites is 1. The van der Waals surface area contributed by atoms with Gasteiger partial charge in [-0.1, -0.05) is 18.2 Å². The lowest BCUT2D eigenvalue weighted by Crippen LogP contribution is -2.15. The van der Waals surface area contributed by atoms with Crippen LogP contribution in [-0.4, -0.2) is 43.9 Å². The lowest BCUT2D eigenvalue weighted by molar-refractivity contribution is -0.385. The van der Waals surface area contributed by atoms with Crippen LogP contribution in [0.15, 0.2) is 36.4 Å². The van der Waals surface area contributed by atoms with Crippen LogP contribution in [0.4, 0.5) is 11.4 Å². The molecule has 0 saturated heterocycles. The first-order valence-electron chi connectivity index (χ1n) is 8.71. The molecule has 0 saturated carbocycles. The number of carbonyl (C=O) groups excluding carboxylic acids is 1. The first kappa shape index (κ1) is 21.1. The van der Waals surface area contributed by atoms with Crippen LogP contribution in [0.2, 0.25) is 0 Å². The van der Waals surface area contributed by atoms with Crippen LogP contribution in [0.1, 0.15) is 17.3 Å². The van der Waals surface area contributed by atoms with Gasteiger partial charge >= 0.3 is 5.69 Å². The number of carbonyl (C=O) groups is 1. The number of nitrogen functional groups attached to an aromatic ring is 1. The van der Waals surface area contributed by atoms with Crippen LogP contribution in [0.3, 0.4) is 0 Å². The quantitative estimate of drug-likeness (QED) is 0.260. The van der Waals surface area contributed by atoms with E-state index in [2.05, 4.69) is 0 Å². The maximum Gasteiger partial charge on any atom is 0.319 e. The molecule has 0 fully saturated rings. The van der Waals surface area contributed by atoms with Gasteiger partial charge in [0.05, 0.1) is 35.9 Å². The fourth-order valence-electron chi connectivity index (χ4n) is 2.65. The van der Waals surface area contributed by atoms with Gasteiger partial charge in [0.15, 0.2) is 5.75 Å². The summed E-state index contributed by atoms with van der Waals surface area (Å²) in [6.45, 7) is 3.66. The SMILES string of the molecule is CCOCCOCCOc1ccc(C(N)=O)c(-c2ccccc2N)c1[N+](=O)[O-]. The Morgan fingerprint density at radius 1 is 1.07 bits per heavy atom. The fourth-order valence-corrected chi connectivity index (χ4v) is 2.65. The molecule has 0 spiro atoms. The summed E-state index contributed by atoms with van der Waals surface area (Å²) in [6, 6.07) is 9.27. The fraction of sp³-hybridized carbons (Fsp3) is 0.316. The van der Waals surface area contributed by atoms with Crippen LogP contribution in [-0.2, 0) is 9.47 Å². The molecule has 4 N–H and O–H groups in total. The first-order chi connectivity index (χ1) is 13.5. The number of nitrogens with zero attached hydrogens (tertiary/aromatic N) is 1. The van der Waals surface area contributed by atoms with Gasteiger partial charge in [-0.3, -0.25) is 14.9 Å². The van der Waals surface area contributed by atoms with Crippen molar-refractivity contribution in [2.24, 2.45) is 5.73 Å². The Kier molecular flexibility index (Phi) is 7.73. The average molecular weight is 389 g/mol. The van der Waals surface area contributed by atoms with Crippen LogP contribution in [0, 0.1) is 10.1 Å². The third-order valence-electron chi connectivity index (χ3n) is 3.88. The minimum absolute atomic E-state index is 0.00154. The van der Waals surface area contributed by atoms with E-state index in [0.29, 0.717) is 25.4 Å². The predicted octanol–water partition coefficient (Wildman–Crippen LogP) is 2.37. The van der Waals surface area contributed by atoms with Crippen LogP contribution in [0.5, 0.6) is 5.75 Å². The maximum absolute atomic E-state index is 11.9. The normalized spacial score (nSPS) is 10.6. The van der Waals surface area contributed by atoms with Crippen molar-refractivity contribution in [3.63, 3.8) is 0 Å². The minimum Gasteiger partial charge on any atom is -0.484 e. The van der Waals surface area contributed by atoms with Crippen molar-refractivity contribution in [1.82, 2.24) is 0 Å². The van der Waals surface area contributed by atoms with E-state index in [-0.39, 0.29) is 41.5 Å². The lowest BCUT2D eigenvalue weighted by Gasteiger charge is -2.14. The minimum atomic E-state index is -0.799. The van der Waals surface area contributed by atoms with Gasteiger partial charge in [0, 0.05) is 17.9 Å². The van der Waals surface area contributed by atoms with Crippen LogP contribution >= 0.6 is 0 Å². The Bertz CT molecular complexity index is 840. The summed E-state index contributed by atoms with van der Waals surface area (Å²) in [6.07, 6.45) is 0. The monoisotopic (exact) mass is 389 g/mol. The van der Waals surface area contributed by atoms with Crippen molar-refractivity contribution >= 4 is 17.3 Å². The van der Waals surface area contributed by atoms with Gasteiger partial charge in [0.1, 0.15) is 6.61 Å². The van der Waals surface area contributed by atoms with Gasteiger partial charge in [0.2, 0.25) is 5.91 Å². The summed E-state index contributed by atoms with van der Waals surface area (Å²) < 4.78 is 16.0. The zero-order valence-corrected chi connectivity index (χ0v) is 15.6. The van der Waals surface area contributed by atoms with E-state index in [4.69, 9.17) is 25.7 Å². The molecule has 2 rings (SSSR count). The Morgan fingerprint density at radius 3 is 2.39 bits per heavy atom. The Balaban J connectivity index is 2.33. The maximum atomic E-state index is 11.9. The summed E-state index contributed by atoms with van der Waals surface area (Å²) in [5.41, 5.74) is 11.7. The zero-order valence-electron chi connectivity index (χ0n) is 15.6. The molecule has 28 heavy (non-hydrogen) atoms. The summed E-state index contributed by atoms with van der Waals surface area (Å²) >= 11 is 0. The molecular formula is C19H23N3O6. The molecule has 0 aliphatic rings. The smallest absolute Gasteiger partial charge is 0.319 e. The number of hydrogen-bond donors (Lipinski definition) is 2. The Labute approximate surface area is 162 Å². The third kappa shape index (κ3) is 5.18. The number of nitro benzene ring substituents is 1. The van der Waals surface area contributed by atoms with E-state index < -0.39 is 10.8 Å². The van der Waals surface area contributed by atoms with Crippen LogP contribution in [0.25, 0.3) is 11.1 Å². The number of primary amides is 1. The van der Waals surface area contributed by atoms with Crippen molar-refractivity contribution in [2.75, 3.05) is 38.8 Å². The number of nitrogens with two attached hydrogens (primary N) is 2. The van der Waals surface area contributed by atoms with Gasteiger partial charge in [0.25, 0.3) is 0 Å². The number of anilines is 1. The molecule has 0 aliphatic carbocycles. The van der Waals surface area contributed by atoms with E-state index in [0.717, 1.165) is 0 Å². The van der Waals surface area contributed by atoms with Crippen molar-refractivity contribution < 1.29 is 23.9 Å². The third-order valence-corrected chi connectivity index (χ3v) is 3.88. The summed E-state index contributed by atoms with van der Waals surface area (Å²) in [5, 5.41) is 11.8. The number of nitro groups is 1. The molecule has 0 heterocycles. The highest BCUT2D eigenvalue weighted by molar-refractivity contribution is 6.04. The molecule has 0 aliphatic heterocycles. The molecule has 2 aromatic rings. The van der Waals surface area contributed by atoms with Gasteiger partial charge in [-0.05, 0) is 25.1 Å². The largest absolute Gasteiger partial charge is 0.484 e. The van der Waals surface area contributed by atoms with Gasteiger partial charge in [-0.2, -0.15) is 0 Å². The Morgan fingerprint density at radius 2 is 1.75 bits per heavy atom. The molecule has 0 unspecified atom stereocenters. The second-order valence-corrected chi connectivity index (χ2v) is 5.70. The second-order valence-electron chi connectivity index (χ2n) is 5.70. The molecule has 0 aromatic heterocycles. The molecule has 150 valence electrons. The molecule has 0 atom stereocenters. The van der Waals surface area contributed by atoms with Gasteiger partial charge in [-0.15, -0.1) is 0 Å². The van der Waals surface area contributed by atoms with E-state index >= 15 is 0 Å². The molecule has 0 radical (unpaired) electrons. The molecular weight excluding hydrogens is 366 g/mol. The average Bonchev–Trinajstić information content (AvgIpc) is 2.66. The van der Waals surface area contributed by atoms with Gasteiger partial charge < -0.3 is 25.7 Å². The number of ether oxygens (including phenoxy) is 3. The predicted molar refractivity (Wildman–Crippen MR) is 104 cm³/mol. The molecule has 1 amide bonds. The highest BCUT2D eigenvalue weighted by Crippen LogP contribution is 2.42. The highest BCUT2D eigenvalue weighted by Gasteiger charge is 2.28. The van der Waals surface area contributed by atoms with Crippen molar-refractivity contribution in [2.45, 2.75) is 6.92 Å². The number of rotatable bonds is 11. The standard InChI is InChI=1S/C19H23N3O6/c1-2-26-9-10-27-11-12-28-16-8-7-14(19(21)23)17(18(16)22(24)25)13-5-3-4-6-15(13)20/h3-8H,2,9-12,20H2,1H3,(H2,21,23). The first-order valence-corrected chi connectivity index (χ1v) is 8.71. The lowest BCUT2D eigenvalue weighted by atomic mass is 9.95. The molecule has 9 heteroatoms. The molecule has 0 bridgehead atoms. The van der Waals surface area contributed by atoms with Gasteiger partial charge in [-0.25, -0.2) is 0 Å². The van der Waals surface area contributed by atoms with Crippen molar-refractivity contribution in [3.8, 4) is 16.9 Å². The topological polar surface area (TPSA) is 140 Å². The summed E-state index contributed by atoms with van der Waals surface area (Å²) in [4.78, 5) is 23.0. The van der Waals surface area contributed by atoms with E-state index in [9.17, 15) is 14.9 Å². The second kappa shape index (κ2) is 10.2. The summed E-state index contributed by atoms with van der Waals surface area (Å²) in [5.74, 6) is -0.797. The van der Waals surface area contributed by atoms with Crippen molar-refractivity contribution in [3.05, 3.63) is 52.1 Å². The molecule has 9 nitrogen and oxygen atoms in total. The Hall–Kier alpha value is -3.17. The zero-order chi connectivity index (χ0) is 20.5. The van der Waals surface area contributed by atoms with E-state index in [1.165, 1.54) is 12.1 Å². The highest BCUT2D eigenvalue weighted by atomic mass is 16.6. The number of hydrogen-bond acceptors (Lipinski definition) is 7. The van der Waals surface area contributed by atoms with Crippen molar-refractivity contribution in [1.29, 1.82) is 0 Å². The van der Waals surface area contributed by atoms with E-state index in [1.54, 1.807) is 24.3 Å². The van der Waals surface area contributed by atoms with E-state index in [1.807, 2.05) is 6.92 Å². The summed E-state index contributed by atoms with van der Waals surface area (Å²) in [7, 11) is 0. The number of amides is 1. The van der Waals surface area contributed by atoms with Crippen LogP contribution < -0.4 is 16.2 Å². The molecule has 2 aromatic carbocycles.